The monoisotopic (exact) mass is 208 g/mol. The molecule has 2 N–H and O–H groups in total. The van der Waals surface area contributed by atoms with Crippen molar-refractivity contribution in [2.75, 3.05) is 6.61 Å². The second-order valence-electron chi connectivity index (χ2n) is 4.14. The van der Waals surface area contributed by atoms with Gasteiger partial charge in [-0.15, -0.1) is 0 Å². The van der Waals surface area contributed by atoms with E-state index in [1.54, 1.807) is 6.20 Å². The van der Waals surface area contributed by atoms with Crippen LogP contribution >= 0.6 is 0 Å². The van der Waals surface area contributed by atoms with E-state index in [2.05, 4.69) is 25.8 Å². The van der Waals surface area contributed by atoms with E-state index < -0.39 is 0 Å². The highest BCUT2D eigenvalue weighted by Gasteiger charge is 2.04. The molecule has 84 valence electrons. The maximum Gasteiger partial charge on any atom is 0.137 e. The summed E-state index contributed by atoms with van der Waals surface area (Å²) < 4.78 is 5.53. The molecule has 0 aliphatic carbocycles. The smallest absolute Gasteiger partial charge is 0.137 e. The van der Waals surface area contributed by atoms with E-state index in [0.717, 1.165) is 24.5 Å². The summed E-state index contributed by atoms with van der Waals surface area (Å²) >= 11 is 0. The van der Waals surface area contributed by atoms with Crippen molar-refractivity contribution in [3.63, 3.8) is 0 Å². The lowest BCUT2D eigenvalue weighted by Gasteiger charge is -2.10. The third-order valence-electron chi connectivity index (χ3n) is 2.16. The zero-order valence-corrected chi connectivity index (χ0v) is 9.73. The summed E-state index contributed by atoms with van der Waals surface area (Å²) in [5, 5.41) is 0. The summed E-state index contributed by atoms with van der Waals surface area (Å²) in [7, 11) is 0. The fraction of sp³-hybridized carbons (Fsp3) is 0.583. The summed E-state index contributed by atoms with van der Waals surface area (Å²) in [6, 6.07) is 3.90. The molecule has 1 atom stereocenters. The summed E-state index contributed by atoms with van der Waals surface area (Å²) in [5.74, 6) is 1.35. The van der Waals surface area contributed by atoms with Gasteiger partial charge in [0, 0.05) is 6.04 Å². The average Bonchev–Trinajstić information content (AvgIpc) is 2.26. The molecular formula is C12H20N2O. The number of hydrogen-bond donors (Lipinski definition) is 1. The van der Waals surface area contributed by atoms with E-state index in [1.165, 1.54) is 0 Å². The van der Waals surface area contributed by atoms with Crippen molar-refractivity contribution in [3.05, 3.63) is 24.0 Å². The van der Waals surface area contributed by atoms with E-state index >= 15 is 0 Å². The fourth-order valence-electron chi connectivity index (χ4n) is 1.17. The highest BCUT2D eigenvalue weighted by molar-refractivity contribution is 5.21. The SMILES string of the molecule is CC[C@H](N)c1ccc(OCC(C)C)cn1. The topological polar surface area (TPSA) is 48.1 Å². The van der Waals surface area contributed by atoms with Crippen molar-refractivity contribution in [2.45, 2.75) is 33.2 Å². The van der Waals surface area contributed by atoms with Gasteiger partial charge in [0.2, 0.25) is 0 Å². The quantitative estimate of drug-likeness (QED) is 0.808. The van der Waals surface area contributed by atoms with Gasteiger partial charge in [0.25, 0.3) is 0 Å². The maximum absolute atomic E-state index is 5.86. The Morgan fingerprint density at radius 3 is 2.60 bits per heavy atom. The Morgan fingerprint density at radius 2 is 2.13 bits per heavy atom. The molecule has 0 aliphatic heterocycles. The molecular weight excluding hydrogens is 188 g/mol. The first-order valence-corrected chi connectivity index (χ1v) is 5.47. The van der Waals surface area contributed by atoms with Gasteiger partial charge in [0.05, 0.1) is 18.5 Å². The standard InChI is InChI=1S/C12H20N2O/c1-4-11(13)12-6-5-10(7-14-12)15-8-9(2)3/h5-7,9,11H,4,8,13H2,1-3H3/t11-/m0/s1. The van der Waals surface area contributed by atoms with E-state index in [4.69, 9.17) is 10.5 Å². The van der Waals surface area contributed by atoms with Crippen LogP contribution in [0, 0.1) is 5.92 Å². The molecule has 1 aromatic heterocycles. The lowest BCUT2D eigenvalue weighted by atomic mass is 10.1. The molecule has 0 radical (unpaired) electrons. The van der Waals surface area contributed by atoms with E-state index in [-0.39, 0.29) is 6.04 Å². The molecule has 0 aliphatic rings. The van der Waals surface area contributed by atoms with Crippen LogP contribution in [0.2, 0.25) is 0 Å². The first kappa shape index (κ1) is 12.0. The van der Waals surface area contributed by atoms with Crippen LogP contribution in [-0.2, 0) is 0 Å². The third-order valence-corrected chi connectivity index (χ3v) is 2.16. The summed E-state index contributed by atoms with van der Waals surface area (Å²) in [6.07, 6.45) is 2.65. The van der Waals surface area contributed by atoms with Crippen LogP contribution in [0.5, 0.6) is 5.75 Å². The Morgan fingerprint density at radius 1 is 1.40 bits per heavy atom. The number of rotatable bonds is 5. The molecule has 1 heterocycles. The van der Waals surface area contributed by atoms with Crippen molar-refractivity contribution in [1.29, 1.82) is 0 Å². The van der Waals surface area contributed by atoms with Crippen molar-refractivity contribution in [3.8, 4) is 5.75 Å². The maximum atomic E-state index is 5.86. The van der Waals surface area contributed by atoms with E-state index in [9.17, 15) is 0 Å². The van der Waals surface area contributed by atoms with Crippen molar-refractivity contribution >= 4 is 0 Å². The van der Waals surface area contributed by atoms with Crippen LogP contribution in [0.1, 0.15) is 38.9 Å². The zero-order valence-electron chi connectivity index (χ0n) is 9.73. The van der Waals surface area contributed by atoms with Crippen LogP contribution in [0.4, 0.5) is 0 Å². The van der Waals surface area contributed by atoms with Gasteiger partial charge in [-0.1, -0.05) is 20.8 Å². The normalized spacial score (nSPS) is 12.9. The molecule has 0 aromatic carbocycles. The summed E-state index contributed by atoms with van der Waals surface area (Å²) in [6.45, 7) is 7.01. The van der Waals surface area contributed by atoms with Crippen molar-refractivity contribution < 1.29 is 4.74 Å². The number of nitrogens with two attached hydrogens (primary N) is 1. The van der Waals surface area contributed by atoms with E-state index in [1.807, 2.05) is 12.1 Å². The molecule has 3 heteroatoms. The fourth-order valence-corrected chi connectivity index (χ4v) is 1.17. The zero-order chi connectivity index (χ0) is 11.3. The van der Waals surface area contributed by atoms with Crippen LogP contribution in [0.15, 0.2) is 18.3 Å². The van der Waals surface area contributed by atoms with Crippen LogP contribution in [-0.4, -0.2) is 11.6 Å². The molecule has 0 saturated heterocycles. The van der Waals surface area contributed by atoms with Crippen LogP contribution < -0.4 is 10.5 Å². The second kappa shape index (κ2) is 5.71. The van der Waals surface area contributed by atoms with Crippen LogP contribution in [0.25, 0.3) is 0 Å². The molecule has 0 saturated carbocycles. The van der Waals surface area contributed by atoms with E-state index in [0.29, 0.717) is 5.92 Å². The summed E-state index contributed by atoms with van der Waals surface area (Å²) in [4.78, 5) is 4.28. The lowest BCUT2D eigenvalue weighted by Crippen LogP contribution is -2.10. The Kier molecular flexibility index (Phi) is 4.56. The minimum absolute atomic E-state index is 0.0316. The predicted molar refractivity (Wildman–Crippen MR) is 61.8 cm³/mol. The molecule has 0 spiro atoms. The molecule has 1 rings (SSSR count). The molecule has 0 amide bonds. The van der Waals surface area contributed by atoms with Gasteiger partial charge >= 0.3 is 0 Å². The average molecular weight is 208 g/mol. The first-order chi connectivity index (χ1) is 7.13. The Labute approximate surface area is 91.7 Å². The molecule has 0 unspecified atom stereocenters. The number of ether oxygens (including phenoxy) is 1. The molecule has 1 aromatic rings. The summed E-state index contributed by atoms with van der Waals surface area (Å²) in [5.41, 5.74) is 6.79. The highest BCUT2D eigenvalue weighted by Crippen LogP contribution is 2.15. The van der Waals surface area contributed by atoms with Gasteiger partial charge in [-0.25, -0.2) is 0 Å². The number of nitrogens with zero attached hydrogens (tertiary/aromatic N) is 1. The third kappa shape index (κ3) is 3.88. The van der Waals surface area contributed by atoms with Gasteiger partial charge in [-0.3, -0.25) is 4.98 Å². The largest absolute Gasteiger partial charge is 0.492 e. The van der Waals surface area contributed by atoms with Gasteiger partial charge in [-0.05, 0) is 24.5 Å². The van der Waals surface area contributed by atoms with Gasteiger partial charge in [0.1, 0.15) is 5.75 Å². The minimum atomic E-state index is 0.0316. The highest BCUT2D eigenvalue weighted by atomic mass is 16.5. The minimum Gasteiger partial charge on any atom is -0.492 e. The van der Waals surface area contributed by atoms with Crippen LogP contribution in [0.3, 0.4) is 0 Å². The van der Waals surface area contributed by atoms with Gasteiger partial charge < -0.3 is 10.5 Å². The Bertz CT molecular complexity index is 282. The van der Waals surface area contributed by atoms with Gasteiger partial charge in [-0.2, -0.15) is 0 Å². The molecule has 0 fully saturated rings. The number of hydrogen-bond acceptors (Lipinski definition) is 3. The molecule has 0 bridgehead atoms. The van der Waals surface area contributed by atoms with Gasteiger partial charge in [0.15, 0.2) is 0 Å². The van der Waals surface area contributed by atoms with Crippen molar-refractivity contribution in [2.24, 2.45) is 11.7 Å². The second-order valence-corrected chi connectivity index (χ2v) is 4.14. The number of pyridine rings is 1. The predicted octanol–water partition coefficient (Wildman–Crippen LogP) is 2.53. The first-order valence-electron chi connectivity index (χ1n) is 5.47. The Hall–Kier alpha value is -1.09. The molecule has 15 heavy (non-hydrogen) atoms. The Balaban J connectivity index is 2.56. The molecule has 3 nitrogen and oxygen atoms in total. The number of aromatic nitrogens is 1. The lowest BCUT2D eigenvalue weighted by molar-refractivity contribution is 0.270. The van der Waals surface area contributed by atoms with Crippen molar-refractivity contribution in [1.82, 2.24) is 4.98 Å².